The third-order valence-electron chi connectivity index (χ3n) is 4.22. The highest BCUT2D eigenvalue weighted by atomic mass is 16.5. The van der Waals surface area contributed by atoms with E-state index in [0.29, 0.717) is 19.4 Å². The minimum Gasteiger partial charge on any atom is -0.481 e. The fraction of sp³-hybridized carbons (Fsp3) is 0.857. The zero-order chi connectivity index (χ0) is 14.5. The van der Waals surface area contributed by atoms with E-state index in [-0.39, 0.29) is 30.2 Å². The van der Waals surface area contributed by atoms with Gasteiger partial charge < -0.3 is 20.5 Å². The van der Waals surface area contributed by atoms with Crippen molar-refractivity contribution in [2.24, 2.45) is 5.92 Å². The van der Waals surface area contributed by atoms with Crippen molar-refractivity contribution in [3.8, 4) is 0 Å². The number of carboxylic acids is 1. The number of carbonyl (C=O) groups excluding carboxylic acids is 1. The molecule has 1 aliphatic heterocycles. The van der Waals surface area contributed by atoms with Gasteiger partial charge in [-0.25, -0.2) is 4.79 Å². The Hall–Kier alpha value is -1.30. The highest BCUT2D eigenvalue weighted by Crippen LogP contribution is 2.24. The van der Waals surface area contributed by atoms with Crippen LogP contribution in [-0.2, 0) is 9.53 Å². The third kappa shape index (κ3) is 4.37. The zero-order valence-electron chi connectivity index (χ0n) is 11.9. The number of urea groups is 1. The molecule has 3 N–H and O–H groups in total. The Labute approximate surface area is 119 Å². The smallest absolute Gasteiger partial charge is 0.315 e. The molecule has 2 atom stereocenters. The van der Waals surface area contributed by atoms with Crippen molar-refractivity contribution in [2.45, 2.75) is 63.7 Å². The van der Waals surface area contributed by atoms with E-state index in [2.05, 4.69) is 10.6 Å². The number of hydrogen-bond acceptors (Lipinski definition) is 3. The first kappa shape index (κ1) is 15.1. The predicted molar refractivity (Wildman–Crippen MR) is 73.5 cm³/mol. The minimum atomic E-state index is -0.722. The summed E-state index contributed by atoms with van der Waals surface area (Å²) in [7, 11) is 0. The number of hydrogen-bond donors (Lipinski definition) is 3. The standard InChI is InChI=1S/C14H24N2O4/c1-9-2-7-12(20-9)8-15-14(19)16-11-5-3-10(4-6-11)13(17)18/h9-12H,2-8H2,1H3,(H,17,18)(H2,15,16,19). The van der Waals surface area contributed by atoms with Gasteiger partial charge in [0.1, 0.15) is 0 Å². The molecule has 0 radical (unpaired) electrons. The van der Waals surface area contributed by atoms with Crippen LogP contribution < -0.4 is 10.6 Å². The Balaban J connectivity index is 1.62. The van der Waals surface area contributed by atoms with Crippen LogP contribution in [0.2, 0.25) is 0 Å². The van der Waals surface area contributed by atoms with Gasteiger partial charge in [0.25, 0.3) is 0 Å². The van der Waals surface area contributed by atoms with Gasteiger partial charge in [-0.3, -0.25) is 4.79 Å². The fourth-order valence-corrected chi connectivity index (χ4v) is 2.96. The van der Waals surface area contributed by atoms with Crippen molar-refractivity contribution in [1.82, 2.24) is 10.6 Å². The largest absolute Gasteiger partial charge is 0.481 e. The normalized spacial score (nSPS) is 33.6. The molecule has 1 aliphatic carbocycles. The fourth-order valence-electron chi connectivity index (χ4n) is 2.96. The van der Waals surface area contributed by atoms with Gasteiger partial charge >= 0.3 is 12.0 Å². The van der Waals surface area contributed by atoms with Gasteiger partial charge in [0.2, 0.25) is 0 Å². The summed E-state index contributed by atoms with van der Waals surface area (Å²) in [6.07, 6.45) is 5.21. The number of nitrogens with one attached hydrogen (secondary N) is 2. The lowest BCUT2D eigenvalue weighted by Gasteiger charge is -2.27. The van der Waals surface area contributed by atoms with Gasteiger partial charge in [0.15, 0.2) is 0 Å². The quantitative estimate of drug-likeness (QED) is 0.730. The summed E-state index contributed by atoms with van der Waals surface area (Å²) >= 11 is 0. The molecular weight excluding hydrogens is 260 g/mol. The summed E-state index contributed by atoms with van der Waals surface area (Å²) in [6, 6.07) is -0.0825. The topological polar surface area (TPSA) is 87.7 Å². The molecule has 2 aliphatic rings. The Morgan fingerprint density at radius 3 is 2.40 bits per heavy atom. The first-order chi connectivity index (χ1) is 9.54. The Morgan fingerprint density at radius 2 is 1.85 bits per heavy atom. The van der Waals surface area contributed by atoms with Crippen LogP contribution in [0.25, 0.3) is 0 Å². The van der Waals surface area contributed by atoms with E-state index in [9.17, 15) is 9.59 Å². The highest BCUT2D eigenvalue weighted by molar-refractivity contribution is 5.74. The van der Waals surface area contributed by atoms with Gasteiger partial charge in [-0.2, -0.15) is 0 Å². The van der Waals surface area contributed by atoms with Gasteiger partial charge in [-0.1, -0.05) is 0 Å². The molecule has 1 heterocycles. The second kappa shape index (κ2) is 6.92. The van der Waals surface area contributed by atoms with Crippen molar-refractivity contribution in [2.75, 3.05) is 6.54 Å². The molecular formula is C14H24N2O4. The number of ether oxygens (including phenoxy) is 1. The zero-order valence-corrected chi connectivity index (χ0v) is 11.9. The molecule has 0 spiro atoms. The highest BCUT2D eigenvalue weighted by Gasteiger charge is 2.27. The summed E-state index contributed by atoms with van der Waals surface area (Å²) in [6.45, 7) is 2.58. The second-order valence-corrected chi connectivity index (χ2v) is 5.89. The van der Waals surface area contributed by atoms with Crippen LogP contribution in [0, 0.1) is 5.92 Å². The van der Waals surface area contributed by atoms with E-state index >= 15 is 0 Å². The lowest BCUT2D eigenvalue weighted by Crippen LogP contribution is -2.46. The van der Waals surface area contributed by atoms with E-state index in [4.69, 9.17) is 9.84 Å². The molecule has 2 amide bonds. The van der Waals surface area contributed by atoms with Crippen LogP contribution in [0.1, 0.15) is 45.4 Å². The summed E-state index contributed by atoms with van der Waals surface area (Å²) in [5, 5.41) is 14.7. The van der Waals surface area contributed by atoms with E-state index in [1.165, 1.54) is 0 Å². The lowest BCUT2D eigenvalue weighted by molar-refractivity contribution is -0.142. The van der Waals surface area contributed by atoms with Crippen LogP contribution in [0.4, 0.5) is 4.79 Å². The number of rotatable bonds is 4. The molecule has 2 fully saturated rings. The lowest BCUT2D eigenvalue weighted by atomic mass is 9.86. The van der Waals surface area contributed by atoms with Gasteiger partial charge in [0.05, 0.1) is 18.1 Å². The molecule has 2 rings (SSSR count). The molecule has 1 saturated heterocycles. The maximum atomic E-state index is 11.8. The molecule has 20 heavy (non-hydrogen) atoms. The van der Waals surface area contributed by atoms with E-state index in [0.717, 1.165) is 25.7 Å². The Morgan fingerprint density at radius 1 is 1.15 bits per heavy atom. The molecule has 0 aromatic carbocycles. The molecule has 1 saturated carbocycles. The summed E-state index contributed by atoms with van der Waals surface area (Å²) in [5.41, 5.74) is 0. The van der Waals surface area contributed by atoms with Crippen molar-refractivity contribution in [1.29, 1.82) is 0 Å². The maximum Gasteiger partial charge on any atom is 0.315 e. The molecule has 2 unspecified atom stereocenters. The average Bonchev–Trinajstić information content (AvgIpc) is 2.83. The molecule has 6 nitrogen and oxygen atoms in total. The Bertz CT molecular complexity index is 353. The average molecular weight is 284 g/mol. The van der Waals surface area contributed by atoms with Gasteiger partial charge in [-0.05, 0) is 45.4 Å². The van der Waals surface area contributed by atoms with E-state index in [1.807, 2.05) is 6.92 Å². The summed E-state index contributed by atoms with van der Waals surface area (Å²) in [5.74, 6) is -0.968. The van der Waals surface area contributed by atoms with Crippen LogP contribution in [0.15, 0.2) is 0 Å². The number of aliphatic carboxylic acids is 1. The van der Waals surface area contributed by atoms with Gasteiger partial charge in [-0.15, -0.1) is 0 Å². The third-order valence-corrected chi connectivity index (χ3v) is 4.22. The number of amides is 2. The van der Waals surface area contributed by atoms with Crippen LogP contribution in [0.3, 0.4) is 0 Å². The number of carboxylic acid groups (broad SMARTS) is 1. The van der Waals surface area contributed by atoms with Crippen molar-refractivity contribution >= 4 is 12.0 Å². The van der Waals surface area contributed by atoms with Crippen LogP contribution in [0.5, 0.6) is 0 Å². The monoisotopic (exact) mass is 284 g/mol. The molecule has 0 aromatic rings. The first-order valence-corrected chi connectivity index (χ1v) is 7.47. The van der Waals surface area contributed by atoms with Crippen LogP contribution in [-0.4, -0.2) is 41.9 Å². The summed E-state index contributed by atoms with van der Waals surface area (Å²) < 4.78 is 5.63. The second-order valence-electron chi connectivity index (χ2n) is 5.89. The van der Waals surface area contributed by atoms with Crippen molar-refractivity contribution in [3.63, 3.8) is 0 Å². The molecule has 114 valence electrons. The summed E-state index contributed by atoms with van der Waals surface area (Å²) in [4.78, 5) is 22.6. The van der Waals surface area contributed by atoms with E-state index in [1.54, 1.807) is 0 Å². The van der Waals surface area contributed by atoms with E-state index < -0.39 is 5.97 Å². The van der Waals surface area contributed by atoms with Crippen molar-refractivity contribution in [3.05, 3.63) is 0 Å². The molecule has 0 bridgehead atoms. The Kier molecular flexibility index (Phi) is 5.23. The molecule has 0 aromatic heterocycles. The maximum absolute atomic E-state index is 11.8. The molecule has 6 heteroatoms. The number of carbonyl (C=O) groups is 2. The minimum absolute atomic E-state index is 0.0917. The SMILES string of the molecule is CC1CCC(CNC(=O)NC2CCC(C(=O)O)CC2)O1. The first-order valence-electron chi connectivity index (χ1n) is 7.47. The van der Waals surface area contributed by atoms with Crippen LogP contribution >= 0.6 is 0 Å². The van der Waals surface area contributed by atoms with Crippen molar-refractivity contribution < 1.29 is 19.4 Å². The van der Waals surface area contributed by atoms with Gasteiger partial charge in [0, 0.05) is 12.6 Å². The predicted octanol–water partition coefficient (Wildman–Crippen LogP) is 1.50.